The van der Waals surface area contributed by atoms with Crippen molar-refractivity contribution in [1.29, 1.82) is 0 Å². The number of hydrogen-bond donors (Lipinski definition) is 0. The molecule has 0 spiro atoms. The molecule has 2 aromatic heterocycles. The summed E-state index contributed by atoms with van der Waals surface area (Å²) in [7, 11) is 0. The summed E-state index contributed by atoms with van der Waals surface area (Å²) >= 11 is 0. The summed E-state index contributed by atoms with van der Waals surface area (Å²) in [5, 5.41) is 6.99. The highest BCUT2D eigenvalue weighted by atomic mass is 16.3. The van der Waals surface area contributed by atoms with E-state index in [-0.39, 0.29) is 0 Å². The van der Waals surface area contributed by atoms with Crippen LogP contribution >= 0.6 is 0 Å². The first-order chi connectivity index (χ1) is 23.8. The van der Waals surface area contributed by atoms with E-state index < -0.39 is 0 Å². The van der Waals surface area contributed by atoms with Crippen LogP contribution in [0.1, 0.15) is 0 Å². The van der Waals surface area contributed by atoms with Crippen LogP contribution in [-0.2, 0) is 0 Å². The van der Waals surface area contributed by atoms with Gasteiger partial charge in [0.05, 0.1) is 11.0 Å². The molecule has 224 valence electrons. The first kappa shape index (κ1) is 26.7. The van der Waals surface area contributed by atoms with Crippen LogP contribution in [0.2, 0.25) is 0 Å². The van der Waals surface area contributed by atoms with E-state index in [1.54, 1.807) is 0 Å². The maximum Gasteiger partial charge on any atom is 0.227 e. The fourth-order valence-electron chi connectivity index (χ4n) is 7.28. The zero-order valence-corrected chi connectivity index (χ0v) is 26.0. The van der Waals surface area contributed by atoms with Crippen LogP contribution in [-0.4, -0.2) is 9.55 Å². The van der Waals surface area contributed by atoms with Gasteiger partial charge in [-0.2, -0.15) is 0 Å². The zero-order chi connectivity index (χ0) is 31.6. The minimum atomic E-state index is 0.639. The normalized spacial score (nSPS) is 11.8. The van der Waals surface area contributed by atoms with Crippen LogP contribution < -0.4 is 0 Å². The summed E-state index contributed by atoms with van der Waals surface area (Å²) < 4.78 is 8.91. The summed E-state index contributed by atoms with van der Waals surface area (Å²) in [4.78, 5) is 4.86. The Morgan fingerprint density at radius 2 is 0.958 bits per heavy atom. The van der Waals surface area contributed by atoms with E-state index in [0.29, 0.717) is 5.89 Å². The van der Waals surface area contributed by atoms with Gasteiger partial charge < -0.3 is 8.98 Å². The summed E-state index contributed by atoms with van der Waals surface area (Å²) in [5.41, 5.74) is 10.9. The van der Waals surface area contributed by atoms with Gasteiger partial charge in [-0.05, 0) is 80.9 Å². The predicted molar refractivity (Wildman–Crippen MR) is 200 cm³/mol. The van der Waals surface area contributed by atoms with Crippen LogP contribution in [0.4, 0.5) is 0 Å². The molecule has 0 fully saturated rings. The highest BCUT2D eigenvalue weighted by molar-refractivity contribution is 6.18. The summed E-state index contributed by atoms with van der Waals surface area (Å²) in [5.74, 6) is 0.639. The second kappa shape index (κ2) is 10.5. The Balaban J connectivity index is 1.22. The summed E-state index contributed by atoms with van der Waals surface area (Å²) in [6, 6.07) is 60.5. The third-order valence-electron chi connectivity index (χ3n) is 9.60. The second-order valence-electron chi connectivity index (χ2n) is 12.4. The Morgan fingerprint density at radius 1 is 0.417 bits per heavy atom. The smallest absolute Gasteiger partial charge is 0.227 e. The van der Waals surface area contributed by atoms with Crippen molar-refractivity contribution in [3.05, 3.63) is 170 Å². The summed E-state index contributed by atoms with van der Waals surface area (Å²) in [6.45, 7) is 0. The number of benzene rings is 8. The average Bonchev–Trinajstić information content (AvgIpc) is 3.74. The van der Waals surface area contributed by atoms with Crippen LogP contribution in [0.3, 0.4) is 0 Å². The molecular weight excluding hydrogens is 585 g/mol. The van der Waals surface area contributed by atoms with Crippen molar-refractivity contribution in [2.24, 2.45) is 0 Å². The Labute approximate surface area is 277 Å². The van der Waals surface area contributed by atoms with Gasteiger partial charge in [-0.25, -0.2) is 4.98 Å². The number of hydrogen-bond acceptors (Lipinski definition) is 2. The van der Waals surface area contributed by atoms with E-state index in [0.717, 1.165) is 43.9 Å². The number of aromatic nitrogens is 2. The first-order valence-electron chi connectivity index (χ1n) is 16.3. The van der Waals surface area contributed by atoms with Crippen molar-refractivity contribution in [1.82, 2.24) is 9.55 Å². The third kappa shape index (κ3) is 4.18. The quantitative estimate of drug-likeness (QED) is 0.185. The van der Waals surface area contributed by atoms with Gasteiger partial charge in [0.1, 0.15) is 5.52 Å². The number of fused-ring (bicyclic) bond motifs is 8. The minimum absolute atomic E-state index is 0.639. The van der Waals surface area contributed by atoms with Gasteiger partial charge in [0.2, 0.25) is 5.89 Å². The molecule has 10 rings (SSSR count). The molecule has 0 aliphatic heterocycles. The highest BCUT2D eigenvalue weighted by Gasteiger charge is 2.17. The molecule has 0 unspecified atom stereocenters. The lowest BCUT2D eigenvalue weighted by molar-refractivity contribution is 0.623. The number of oxazole rings is 1. The van der Waals surface area contributed by atoms with Gasteiger partial charge in [-0.15, -0.1) is 0 Å². The Bertz CT molecular complexity index is 2720. The molecule has 3 nitrogen and oxygen atoms in total. The first-order valence-corrected chi connectivity index (χ1v) is 16.3. The molecule has 3 heteroatoms. The van der Waals surface area contributed by atoms with Crippen LogP contribution in [0.15, 0.2) is 174 Å². The molecule has 0 aliphatic carbocycles. The lowest BCUT2D eigenvalue weighted by Gasteiger charge is -2.12. The monoisotopic (exact) mass is 612 g/mol. The van der Waals surface area contributed by atoms with Crippen molar-refractivity contribution in [3.8, 4) is 39.4 Å². The molecule has 10 aromatic rings. The van der Waals surface area contributed by atoms with E-state index in [9.17, 15) is 0 Å². The maximum atomic E-state index is 6.49. The molecule has 0 amide bonds. The molecule has 0 aliphatic rings. The average molecular weight is 613 g/mol. The standard InChI is InChI=1S/C45H28N2O/c1-4-10-29(11-5-1)33-18-22-38-39-23-19-34(30-12-6-2-7-13-30)28-42(39)47(41(38)27-33)36-21-24-37-35(26-36)17-16-31-20-25-40-44(43(31)37)48-45(46-40)32-14-8-3-9-15-32/h1-28H. The molecule has 0 radical (unpaired) electrons. The lowest BCUT2D eigenvalue weighted by atomic mass is 10.0. The number of nitrogens with zero attached hydrogens (tertiary/aromatic N) is 2. The summed E-state index contributed by atoms with van der Waals surface area (Å²) in [6.07, 6.45) is 0. The van der Waals surface area contributed by atoms with E-state index in [1.807, 2.05) is 30.3 Å². The van der Waals surface area contributed by atoms with Gasteiger partial charge in [0, 0.05) is 27.4 Å². The molecule has 0 saturated heterocycles. The van der Waals surface area contributed by atoms with Crippen molar-refractivity contribution >= 4 is 54.5 Å². The Morgan fingerprint density at radius 3 is 1.58 bits per heavy atom. The van der Waals surface area contributed by atoms with Crippen LogP contribution in [0, 0.1) is 0 Å². The molecule has 48 heavy (non-hydrogen) atoms. The van der Waals surface area contributed by atoms with Crippen molar-refractivity contribution in [3.63, 3.8) is 0 Å². The van der Waals surface area contributed by atoms with Crippen LogP contribution in [0.5, 0.6) is 0 Å². The molecule has 0 N–H and O–H groups in total. The van der Waals surface area contributed by atoms with E-state index in [2.05, 4.69) is 144 Å². The molecule has 8 aromatic carbocycles. The fraction of sp³-hybridized carbons (Fsp3) is 0. The van der Waals surface area contributed by atoms with Crippen molar-refractivity contribution in [2.45, 2.75) is 0 Å². The van der Waals surface area contributed by atoms with Gasteiger partial charge in [0.15, 0.2) is 5.58 Å². The lowest BCUT2D eigenvalue weighted by Crippen LogP contribution is -1.95. The van der Waals surface area contributed by atoms with Gasteiger partial charge in [0.25, 0.3) is 0 Å². The van der Waals surface area contributed by atoms with Crippen molar-refractivity contribution < 1.29 is 4.42 Å². The molecule has 0 bridgehead atoms. The number of rotatable bonds is 4. The Hall–Kier alpha value is -6.45. The zero-order valence-electron chi connectivity index (χ0n) is 26.0. The molecule has 0 saturated carbocycles. The van der Waals surface area contributed by atoms with Gasteiger partial charge >= 0.3 is 0 Å². The van der Waals surface area contributed by atoms with E-state index in [4.69, 9.17) is 9.40 Å². The van der Waals surface area contributed by atoms with Gasteiger partial charge in [-0.1, -0.05) is 127 Å². The topological polar surface area (TPSA) is 31.0 Å². The largest absolute Gasteiger partial charge is 0.435 e. The third-order valence-corrected chi connectivity index (χ3v) is 9.60. The molecule has 0 atom stereocenters. The maximum absolute atomic E-state index is 6.49. The second-order valence-corrected chi connectivity index (χ2v) is 12.4. The molecule has 2 heterocycles. The minimum Gasteiger partial charge on any atom is -0.435 e. The predicted octanol–water partition coefficient (Wildman–Crippen LogP) is 12.2. The highest BCUT2D eigenvalue weighted by Crippen LogP contribution is 2.39. The SMILES string of the molecule is c1ccc(-c2ccc3c4ccc(-c5ccccc5)cc4n(-c4ccc5c(ccc6ccc7nc(-c8ccccc8)oc7c65)c4)c3c2)cc1. The fourth-order valence-corrected chi connectivity index (χ4v) is 7.28. The van der Waals surface area contributed by atoms with E-state index >= 15 is 0 Å². The molecular formula is C45H28N2O. The Kier molecular flexibility index (Phi) is 5.87. The van der Waals surface area contributed by atoms with Gasteiger partial charge in [-0.3, -0.25) is 0 Å². The van der Waals surface area contributed by atoms with Crippen molar-refractivity contribution in [2.75, 3.05) is 0 Å². The van der Waals surface area contributed by atoms with Crippen LogP contribution in [0.25, 0.3) is 93.8 Å². The van der Waals surface area contributed by atoms with E-state index in [1.165, 1.54) is 44.1 Å².